The van der Waals surface area contributed by atoms with Crippen LogP contribution < -0.4 is 10.6 Å². The normalized spacial score (nSPS) is 18.7. The van der Waals surface area contributed by atoms with Gasteiger partial charge in [0.25, 0.3) is 5.91 Å². The van der Waals surface area contributed by atoms with E-state index >= 15 is 0 Å². The van der Waals surface area contributed by atoms with Crippen molar-refractivity contribution >= 4 is 28.3 Å². The number of aromatic hydroxyl groups is 1. The number of aromatic nitrogens is 1. The Balaban J connectivity index is 1.54. The number of anilines is 1. The number of phenolic OH excluding ortho intramolecular Hbond substituents is 1. The average molecular weight is 431 g/mol. The molecule has 1 fully saturated rings. The number of hydrogen-bond acceptors (Lipinski definition) is 6. The zero-order valence-electron chi connectivity index (χ0n) is 18.0. The van der Waals surface area contributed by atoms with E-state index in [9.17, 15) is 14.7 Å². The van der Waals surface area contributed by atoms with Crippen LogP contribution in [0.5, 0.6) is 5.75 Å². The molecule has 0 radical (unpaired) electrons. The summed E-state index contributed by atoms with van der Waals surface area (Å²) in [4.78, 5) is 31.5. The van der Waals surface area contributed by atoms with Gasteiger partial charge in [0.15, 0.2) is 5.13 Å². The first kappa shape index (κ1) is 22.2. The number of likely N-dealkylation sites (N-methyl/N-ethyl adjacent to an activating group) is 1. The summed E-state index contributed by atoms with van der Waals surface area (Å²) in [5.74, 6) is -0.585. The van der Waals surface area contributed by atoms with Crippen molar-refractivity contribution in [3.63, 3.8) is 0 Å². The van der Waals surface area contributed by atoms with Gasteiger partial charge >= 0.3 is 0 Å². The number of phenols is 1. The summed E-state index contributed by atoms with van der Waals surface area (Å²) in [5.41, 5.74) is 1.85. The fourth-order valence-electron chi connectivity index (χ4n) is 4.01. The van der Waals surface area contributed by atoms with Gasteiger partial charge in [-0.25, -0.2) is 4.98 Å². The molecule has 2 aromatic rings. The van der Waals surface area contributed by atoms with Crippen LogP contribution in [-0.4, -0.2) is 53.0 Å². The van der Waals surface area contributed by atoms with Crippen molar-refractivity contribution in [1.29, 1.82) is 0 Å². The molecule has 0 aliphatic carbocycles. The number of nitrogens with zero attached hydrogens (tertiary/aromatic N) is 2. The van der Waals surface area contributed by atoms with Gasteiger partial charge in [-0.1, -0.05) is 25.5 Å². The quantitative estimate of drug-likeness (QED) is 0.654. The van der Waals surface area contributed by atoms with Crippen molar-refractivity contribution in [2.75, 3.05) is 25.5 Å². The second-order valence-electron chi connectivity index (χ2n) is 8.69. The lowest BCUT2D eigenvalue weighted by atomic mass is 9.76. The molecule has 1 aromatic carbocycles. The SMILES string of the molecule is Cc1ccc(O)c(C(=O)Nc2nc(CC(=O)NCC3N(C)CCCC3(C)C)cs2)c1. The summed E-state index contributed by atoms with van der Waals surface area (Å²) >= 11 is 1.26. The average Bonchev–Trinajstić information content (AvgIpc) is 3.09. The van der Waals surface area contributed by atoms with Gasteiger partial charge in [-0.3, -0.25) is 14.9 Å². The number of hydrogen-bond donors (Lipinski definition) is 3. The molecule has 0 saturated carbocycles. The number of amides is 2. The molecule has 0 bridgehead atoms. The van der Waals surface area contributed by atoms with Crippen molar-refractivity contribution in [3.8, 4) is 5.75 Å². The van der Waals surface area contributed by atoms with E-state index in [0.29, 0.717) is 23.4 Å². The van der Waals surface area contributed by atoms with Crippen molar-refractivity contribution < 1.29 is 14.7 Å². The van der Waals surface area contributed by atoms with Gasteiger partial charge in [0, 0.05) is 18.0 Å². The molecule has 1 aliphatic heterocycles. The molecule has 3 N–H and O–H groups in total. The lowest BCUT2D eigenvalue weighted by Crippen LogP contribution is -2.53. The van der Waals surface area contributed by atoms with Gasteiger partial charge in [-0.05, 0) is 50.9 Å². The van der Waals surface area contributed by atoms with E-state index in [-0.39, 0.29) is 29.1 Å². The van der Waals surface area contributed by atoms with E-state index in [0.717, 1.165) is 18.5 Å². The van der Waals surface area contributed by atoms with Crippen molar-refractivity contribution in [2.24, 2.45) is 5.41 Å². The zero-order chi connectivity index (χ0) is 21.9. The number of likely N-dealkylation sites (tertiary alicyclic amines) is 1. The van der Waals surface area contributed by atoms with Gasteiger partial charge in [0.1, 0.15) is 5.75 Å². The molecule has 2 heterocycles. The lowest BCUT2D eigenvalue weighted by Gasteiger charge is -2.45. The Morgan fingerprint density at radius 1 is 1.37 bits per heavy atom. The van der Waals surface area contributed by atoms with Crippen molar-refractivity contribution in [2.45, 2.75) is 46.1 Å². The molecule has 2 amide bonds. The van der Waals surface area contributed by atoms with Gasteiger partial charge in [-0.15, -0.1) is 11.3 Å². The minimum absolute atomic E-state index is 0.0788. The number of carbonyl (C=O) groups excluding carboxylic acids is 2. The first-order chi connectivity index (χ1) is 14.2. The molecule has 1 aromatic heterocycles. The molecule has 7 nitrogen and oxygen atoms in total. The Bertz CT molecular complexity index is 925. The second kappa shape index (κ2) is 9.14. The molecule has 1 aliphatic rings. The summed E-state index contributed by atoms with van der Waals surface area (Å²) in [6.45, 7) is 8.02. The van der Waals surface area contributed by atoms with Crippen LogP contribution in [0.3, 0.4) is 0 Å². The first-order valence-corrected chi connectivity index (χ1v) is 11.1. The van der Waals surface area contributed by atoms with Gasteiger partial charge < -0.3 is 15.3 Å². The maximum Gasteiger partial charge on any atom is 0.261 e. The standard InChI is InChI=1S/C22H30N4O3S/c1-14-6-7-17(27)16(10-14)20(29)25-21-24-15(13-30-21)11-19(28)23-12-18-22(2,3)8-5-9-26(18)4/h6-7,10,13,18,27H,5,8-9,11-12H2,1-4H3,(H,23,28)(H,24,25,29). The van der Waals surface area contributed by atoms with Crippen LogP contribution in [0.2, 0.25) is 0 Å². The highest BCUT2D eigenvalue weighted by atomic mass is 32.1. The summed E-state index contributed by atoms with van der Waals surface area (Å²) in [6, 6.07) is 5.16. The lowest BCUT2D eigenvalue weighted by molar-refractivity contribution is -0.121. The van der Waals surface area contributed by atoms with Crippen LogP contribution in [0.15, 0.2) is 23.6 Å². The monoisotopic (exact) mass is 430 g/mol. The minimum atomic E-state index is -0.427. The zero-order valence-corrected chi connectivity index (χ0v) is 18.8. The number of nitrogens with one attached hydrogen (secondary N) is 2. The second-order valence-corrected chi connectivity index (χ2v) is 9.55. The molecule has 1 atom stereocenters. The molecular formula is C22H30N4O3S. The summed E-state index contributed by atoms with van der Waals surface area (Å²) in [5, 5.41) is 17.8. The Morgan fingerprint density at radius 2 is 2.13 bits per heavy atom. The molecule has 1 unspecified atom stereocenters. The van der Waals surface area contributed by atoms with Crippen molar-refractivity contribution in [3.05, 3.63) is 40.4 Å². The maximum absolute atomic E-state index is 12.4. The number of benzene rings is 1. The molecule has 1 saturated heterocycles. The number of piperidine rings is 1. The van der Waals surface area contributed by atoms with Crippen LogP contribution in [0.25, 0.3) is 0 Å². The van der Waals surface area contributed by atoms with Crippen LogP contribution >= 0.6 is 11.3 Å². The van der Waals surface area contributed by atoms with Crippen LogP contribution in [0, 0.1) is 12.3 Å². The third kappa shape index (κ3) is 5.37. The summed E-state index contributed by atoms with van der Waals surface area (Å²) < 4.78 is 0. The highest BCUT2D eigenvalue weighted by Crippen LogP contribution is 2.33. The van der Waals surface area contributed by atoms with E-state index < -0.39 is 5.91 Å². The molecule has 30 heavy (non-hydrogen) atoms. The Kier molecular flexibility index (Phi) is 6.77. The highest BCUT2D eigenvalue weighted by Gasteiger charge is 2.35. The Labute approximate surface area is 181 Å². The fourth-order valence-corrected chi connectivity index (χ4v) is 4.72. The predicted molar refractivity (Wildman–Crippen MR) is 119 cm³/mol. The van der Waals surface area contributed by atoms with E-state index in [4.69, 9.17) is 0 Å². The summed E-state index contributed by atoms with van der Waals surface area (Å²) in [7, 11) is 2.11. The highest BCUT2D eigenvalue weighted by molar-refractivity contribution is 7.14. The summed E-state index contributed by atoms with van der Waals surface area (Å²) in [6.07, 6.45) is 2.50. The van der Waals surface area contributed by atoms with Gasteiger partial charge in [0.2, 0.25) is 5.91 Å². The number of thiazole rings is 1. The van der Waals surface area contributed by atoms with Crippen LogP contribution in [0.4, 0.5) is 5.13 Å². The number of rotatable bonds is 6. The maximum atomic E-state index is 12.4. The molecular weight excluding hydrogens is 400 g/mol. The van der Waals surface area contributed by atoms with Crippen molar-refractivity contribution in [1.82, 2.24) is 15.2 Å². The molecule has 162 valence electrons. The number of aryl methyl sites for hydroxylation is 1. The smallest absolute Gasteiger partial charge is 0.261 e. The molecule has 8 heteroatoms. The first-order valence-electron chi connectivity index (χ1n) is 10.2. The van der Waals surface area contributed by atoms with E-state index in [2.05, 4.69) is 41.4 Å². The topological polar surface area (TPSA) is 94.6 Å². The Hall–Kier alpha value is -2.45. The van der Waals surface area contributed by atoms with E-state index in [1.165, 1.54) is 23.8 Å². The largest absolute Gasteiger partial charge is 0.507 e. The van der Waals surface area contributed by atoms with E-state index in [1.54, 1.807) is 17.5 Å². The third-order valence-corrected chi connectivity index (χ3v) is 6.58. The molecule has 3 rings (SSSR count). The van der Waals surface area contributed by atoms with Crippen LogP contribution in [0.1, 0.15) is 48.3 Å². The van der Waals surface area contributed by atoms with Gasteiger partial charge in [-0.2, -0.15) is 0 Å². The van der Waals surface area contributed by atoms with E-state index in [1.807, 2.05) is 6.92 Å². The Morgan fingerprint density at radius 3 is 2.87 bits per heavy atom. The third-order valence-electron chi connectivity index (χ3n) is 5.77. The van der Waals surface area contributed by atoms with Gasteiger partial charge in [0.05, 0.1) is 17.7 Å². The fraction of sp³-hybridized carbons (Fsp3) is 0.500. The number of carbonyl (C=O) groups is 2. The molecule has 0 spiro atoms. The minimum Gasteiger partial charge on any atom is -0.507 e. The predicted octanol–water partition coefficient (Wildman–Crippen LogP) is 3.19. The van der Waals surface area contributed by atoms with Crippen LogP contribution in [-0.2, 0) is 11.2 Å².